The quantitative estimate of drug-likeness (QED) is 0.831. The Morgan fingerprint density at radius 3 is 2.50 bits per heavy atom. The van der Waals surface area contributed by atoms with Gasteiger partial charge in [-0.25, -0.2) is 0 Å². The average molecular weight is 284 g/mol. The second kappa shape index (κ2) is 6.87. The van der Waals surface area contributed by atoms with Crippen LogP contribution in [0, 0.1) is 0 Å². The summed E-state index contributed by atoms with van der Waals surface area (Å²) < 4.78 is 11.5. The van der Waals surface area contributed by atoms with Gasteiger partial charge >= 0.3 is 0 Å². The molecule has 1 saturated carbocycles. The summed E-state index contributed by atoms with van der Waals surface area (Å²) in [6, 6.07) is 0.363. The summed E-state index contributed by atoms with van der Waals surface area (Å²) in [6.45, 7) is 6.24. The van der Waals surface area contributed by atoms with E-state index in [0.717, 1.165) is 51.9 Å². The number of rotatable bonds is 5. The van der Waals surface area contributed by atoms with Crippen LogP contribution in [0.25, 0.3) is 0 Å². The van der Waals surface area contributed by atoms with Crippen LogP contribution in [0.2, 0.25) is 0 Å². The number of nitrogens with zero attached hydrogens (tertiary/aromatic N) is 1. The van der Waals surface area contributed by atoms with Crippen LogP contribution in [0.5, 0.6) is 0 Å². The van der Waals surface area contributed by atoms with Crippen molar-refractivity contribution in [1.82, 2.24) is 10.2 Å². The SMILES string of the molecule is CCCNC(=O)C(C)N(C)C1CCC2(CC1)OCCO2. The average Bonchev–Trinajstić information content (AvgIpc) is 2.92. The lowest BCUT2D eigenvalue weighted by Crippen LogP contribution is -2.50. The molecule has 1 spiro atoms. The third-order valence-corrected chi connectivity index (χ3v) is 4.65. The molecular formula is C15H28N2O3. The summed E-state index contributed by atoms with van der Waals surface area (Å²) >= 11 is 0. The second-order valence-corrected chi connectivity index (χ2v) is 5.97. The van der Waals surface area contributed by atoms with Gasteiger partial charge in [-0.1, -0.05) is 6.92 Å². The Balaban J connectivity index is 1.81. The van der Waals surface area contributed by atoms with Gasteiger partial charge < -0.3 is 14.8 Å². The molecule has 0 radical (unpaired) electrons. The third kappa shape index (κ3) is 3.51. The fourth-order valence-electron chi connectivity index (χ4n) is 3.13. The topological polar surface area (TPSA) is 50.8 Å². The molecule has 1 aliphatic carbocycles. The van der Waals surface area contributed by atoms with Crippen molar-refractivity contribution in [1.29, 1.82) is 0 Å². The third-order valence-electron chi connectivity index (χ3n) is 4.65. The number of hydrogen-bond donors (Lipinski definition) is 1. The standard InChI is InChI=1S/C15H28N2O3/c1-4-9-16-14(18)12(2)17(3)13-5-7-15(8-6-13)19-10-11-20-15/h12-13H,4-11H2,1-3H3,(H,16,18). The van der Waals surface area contributed by atoms with Gasteiger partial charge in [0.05, 0.1) is 19.3 Å². The van der Waals surface area contributed by atoms with Crippen LogP contribution in [0.1, 0.15) is 46.0 Å². The normalized spacial score (nSPS) is 24.2. The van der Waals surface area contributed by atoms with E-state index in [2.05, 4.69) is 24.2 Å². The van der Waals surface area contributed by atoms with Crippen molar-refractivity contribution >= 4 is 5.91 Å². The fourth-order valence-corrected chi connectivity index (χ4v) is 3.13. The van der Waals surface area contributed by atoms with Crippen molar-refractivity contribution in [2.24, 2.45) is 0 Å². The lowest BCUT2D eigenvalue weighted by Gasteiger charge is -2.40. The van der Waals surface area contributed by atoms with E-state index in [-0.39, 0.29) is 17.7 Å². The van der Waals surface area contributed by atoms with Gasteiger partial charge in [0.1, 0.15) is 0 Å². The first-order chi connectivity index (χ1) is 9.58. The minimum Gasteiger partial charge on any atom is -0.355 e. The minimum atomic E-state index is -0.314. The molecule has 5 heteroatoms. The van der Waals surface area contributed by atoms with Crippen LogP contribution in [0.4, 0.5) is 0 Å². The molecule has 1 saturated heterocycles. The molecule has 20 heavy (non-hydrogen) atoms. The maximum Gasteiger partial charge on any atom is 0.237 e. The highest BCUT2D eigenvalue weighted by molar-refractivity contribution is 5.81. The zero-order chi connectivity index (χ0) is 14.6. The molecule has 0 aromatic carbocycles. The van der Waals surface area contributed by atoms with Crippen molar-refractivity contribution in [3.8, 4) is 0 Å². The number of carbonyl (C=O) groups is 1. The van der Waals surface area contributed by atoms with Crippen LogP contribution in [0.3, 0.4) is 0 Å². The van der Waals surface area contributed by atoms with E-state index in [1.807, 2.05) is 6.92 Å². The predicted molar refractivity (Wildman–Crippen MR) is 77.4 cm³/mol. The van der Waals surface area contributed by atoms with Gasteiger partial charge in [0.25, 0.3) is 0 Å². The Kier molecular flexibility index (Phi) is 5.41. The molecule has 0 bridgehead atoms. The molecule has 1 amide bonds. The predicted octanol–water partition coefficient (Wildman–Crippen LogP) is 1.52. The zero-order valence-corrected chi connectivity index (χ0v) is 13.0. The number of nitrogens with one attached hydrogen (secondary N) is 1. The summed E-state index contributed by atoms with van der Waals surface area (Å²) in [5.74, 6) is -0.187. The molecule has 5 nitrogen and oxygen atoms in total. The van der Waals surface area contributed by atoms with Crippen molar-refractivity contribution in [3.05, 3.63) is 0 Å². The Morgan fingerprint density at radius 2 is 1.95 bits per heavy atom. The maximum absolute atomic E-state index is 12.0. The van der Waals surface area contributed by atoms with E-state index in [1.54, 1.807) is 0 Å². The van der Waals surface area contributed by atoms with E-state index in [4.69, 9.17) is 9.47 Å². The van der Waals surface area contributed by atoms with Crippen LogP contribution in [-0.2, 0) is 14.3 Å². The molecule has 2 fully saturated rings. The highest BCUT2D eigenvalue weighted by Gasteiger charge is 2.41. The van der Waals surface area contributed by atoms with Gasteiger partial charge in [-0.2, -0.15) is 0 Å². The first-order valence-electron chi connectivity index (χ1n) is 7.85. The Labute approximate surface area is 122 Å². The van der Waals surface area contributed by atoms with E-state index in [1.165, 1.54) is 0 Å². The van der Waals surface area contributed by atoms with Crippen LogP contribution in [-0.4, -0.2) is 55.5 Å². The number of ether oxygens (including phenoxy) is 2. The Morgan fingerprint density at radius 1 is 1.35 bits per heavy atom. The molecule has 1 unspecified atom stereocenters. The van der Waals surface area contributed by atoms with Gasteiger partial charge in [0, 0.05) is 25.4 Å². The van der Waals surface area contributed by atoms with E-state index in [0.29, 0.717) is 6.04 Å². The monoisotopic (exact) mass is 284 g/mol. The first-order valence-corrected chi connectivity index (χ1v) is 7.85. The smallest absolute Gasteiger partial charge is 0.237 e. The van der Waals surface area contributed by atoms with Crippen molar-refractivity contribution in [2.75, 3.05) is 26.8 Å². The number of amides is 1. The van der Waals surface area contributed by atoms with Crippen LogP contribution >= 0.6 is 0 Å². The van der Waals surface area contributed by atoms with Gasteiger partial charge in [0.2, 0.25) is 5.91 Å². The van der Waals surface area contributed by atoms with Crippen LogP contribution in [0.15, 0.2) is 0 Å². The summed E-state index contributed by atoms with van der Waals surface area (Å²) in [5.41, 5.74) is 0. The lowest BCUT2D eigenvalue weighted by molar-refractivity contribution is -0.184. The molecule has 1 heterocycles. The highest BCUT2D eigenvalue weighted by atomic mass is 16.7. The first kappa shape index (κ1) is 15.7. The Bertz CT molecular complexity index is 319. The van der Waals surface area contributed by atoms with Gasteiger partial charge in [-0.3, -0.25) is 9.69 Å². The Hall–Kier alpha value is -0.650. The van der Waals surface area contributed by atoms with Crippen molar-refractivity contribution in [3.63, 3.8) is 0 Å². The molecule has 1 atom stereocenters. The van der Waals surface area contributed by atoms with Crippen molar-refractivity contribution < 1.29 is 14.3 Å². The summed E-state index contributed by atoms with van der Waals surface area (Å²) in [5, 5.41) is 2.97. The van der Waals surface area contributed by atoms with E-state index < -0.39 is 0 Å². The van der Waals surface area contributed by atoms with E-state index in [9.17, 15) is 4.79 Å². The molecule has 2 aliphatic rings. The minimum absolute atomic E-state index is 0.0778. The second-order valence-electron chi connectivity index (χ2n) is 5.97. The number of carbonyl (C=O) groups excluding carboxylic acids is 1. The lowest BCUT2D eigenvalue weighted by atomic mass is 9.88. The van der Waals surface area contributed by atoms with E-state index >= 15 is 0 Å². The zero-order valence-electron chi connectivity index (χ0n) is 13.0. The summed E-state index contributed by atoms with van der Waals surface area (Å²) in [4.78, 5) is 14.2. The largest absolute Gasteiger partial charge is 0.355 e. The summed E-state index contributed by atoms with van der Waals surface area (Å²) in [7, 11) is 2.05. The molecular weight excluding hydrogens is 256 g/mol. The van der Waals surface area contributed by atoms with Crippen molar-refractivity contribution in [2.45, 2.75) is 63.8 Å². The molecule has 1 N–H and O–H groups in total. The maximum atomic E-state index is 12.0. The highest BCUT2D eigenvalue weighted by Crippen LogP contribution is 2.37. The van der Waals surface area contributed by atoms with Gasteiger partial charge in [0.15, 0.2) is 5.79 Å². The van der Waals surface area contributed by atoms with Crippen LogP contribution < -0.4 is 5.32 Å². The molecule has 116 valence electrons. The molecule has 0 aromatic rings. The molecule has 0 aromatic heterocycles. The van der Waals surface area contributed by atoms with Gasteiger partial charge in [-0.05, 0) is 33.2 Å². The number of hydrogen-bond acceptors (Lipinski definition) is 4. The molecule has 2 rings (SSSR count). The summed E-state index contributed by atoms with van der Waals surface area (Å²) in [6.07, 6.45) is 4.91. The molecule has 1 aliphatic heterocycles. The number of likely N-dealkylation sites (N-methyl/N-ethyl adjacent to an activating group) is 1. The fraction of sp³-hybridized carbons (Fsp3) is 0.933. The van der Waals surface area contributed by atoms with Gasteiger partial charge in [-0.15, -0.1) is 0 Å².